The third-order valence-electron chi connectivity index (χ3n) is 5.42. The Balaban J connectivity index is 1.63. The number of carbonyl (C=O) groups is 1. The summed E-state index contributed by atoms with van der Waals surface area (Å²) in [4.78, 5) is 15.6. The van der Waals surface area contributed by atoms with Crippen LogP contribution in [0.2, 0.25) is 0 Å². The molecule has 29 heavy (non-hydrogen) atoms. The zero-order chi connectivity index (χ0) is 20.8. The van der Waals surface area contributed by atoms with Gasteiger partial charge in [-0.15, -0.1) is 0 Å². The molecule has 1 fully saturated rings. The van der Waals surface area contributed by atoms with Crippen molar-refractivity contribution in [2.24, 2.45) is 0 Å². The first-order chi connectivity index (χ1) is 13.8. The number of benzene rings is 2. The Morgan fingerprint density at radius 1 is 1.07 bits per heavy atom. The van der Waals surface area contributed by atoms with Crippen LogP contribution >= 0.6 is 15.9 Å². The number of fused-ring (bicyclic) bond motifs is 1. The molecule has 4 rings (SSSR count). The van der Waals surface area contributed by atoms with Crippen LogP contribution in [-0.4, -0.2) is 51.4 Å². The molecule has 0 atom stereocenters. The number of amides is 1. The Morgan fingerprint density at radius 3 is 2.41 bits per heavy atom. The van der Waals surface area contributed by atoms with Crippen molar-refractivity contribution in [2.75, 3.05) is 42.5 Å². The van der Waals surface area contributed by atoms with Crippen LogP contribution in [0, 0.1) is 5.82 Å². The van der Waals surface area contributed by atoms with E-state index in [2.05, 4.69) is 15.9 Å². The van der Waals surface area contributed by atoms with Crippen LogP contribution in [0.25, 0.3) is 0 Å². The van der Waals surface area contributed by atoms with Gasteiger partial charge in [-0.2, -0.15) is 4.31 Å². The highest BCUT2D eigenvalue weighted by Crippen LogP contribution is 2.39. The molecule has 1 saturated heterocycles. The van der Waals surface area contributed by atoms with Crippen LogP contribution in [0.15, 0.2) is 45.8 Å². The highest BCUT2D eigenvalue weighted by Gasteiger charge is 2.36. The highest BCUT2D eigenvalue weighted by atomic mass is 79.9. The van der Waals surface area contributed by atoms with Crippen LogP contribution in [0.5, 0.6) is 0 Å². The number of sulfonamides is 1. The molecule has 0 saturated carbocycles. The van der Waals surface area contributed by atoms with E-state index in [0.717, 1.165) is 5.56 Å². The van der Waals surface area contributed by atoms with Gasteiger partial charge in [0.15, 0.2) is 0 Å². The molecule has 1 amide bonds. The average molecular weight is 482 g/mol. The second-order valence-corrected chi connectivity index (χ2v) is 10.00. The van der Waals surface area contributed by atoms with Gasteiger partial charge in [-0.05, 0) is 36.2 Å². The van der Waals surface area contributed by atoms with Gasteiger partial charge in [0.25, 0.3) is 0 Å². The summed E-state index contributed by atoms with van der Waals surface area (Å²) in [5.41, 5.74) is 1.81. The van der Waals surface area contributed by atoms with Gasteiger partial charge < -0.3 is 9.80 Å². The van der Waals surface area contributed by atoms with Gasteiger partial charge in [-0.1, -0.05) is 28.1 Å². The van der Waals surface area contributed by atoms with Crippen LogP contribution in [-0.2, 0) is 21.2 Å². The quantitative estimate of drug-likeness (QED) is 0.675. The molecule has 0 spiro atoms. The lowest BCUT2D eigenvalue weighted by Gasteiger charge is -2.36. The summed E-state index contributed by atoms with van der Waals surface area (Å²) < 4.78 is 43.1. The molecular weight excluding hydrogens is 461 g/mol. The molecule has 0 aromatic heterocycles. The summed E-state index contributed by atoms with van der Waals surface area (Å²) in [6, 6.07) is 9.94. The summed E-state index contributed by atoms with van der Waals surface area (Å²) in [5, 5.41) is 0. The van der Waals surface area contributed by atoms with Crippen molar-refractivity contribution in [1.29, 1.82) is 0 Å². The smallest absolute Gasteiger partial charge is 0.245 e. The maximum atomic E-state index is 14.1. The summed E-state index contributed by atoms with van der Waals surface area (Å²) in [6.45, 7) is 3.21. The molecule has 2 aliphatic rings. The Labute approximate surface area is 178 Å². The van der Waals surface area contributed by atoms with Crippen molar-refractivity contribution in [3.63, 3.8) is 0 Å². The molecule has 0 unspecified atom stereocenters. The normalized spacial score (nSPS) is 17.5. The van der Waals surface area contributed by atoms with Gasteiger partial charge in [0.1, 0.15) is 10.7 Å². The fourth-order valence-corrected chi connectivity index (χ4v) is 6.34. The number of anilines is 2. The second kappa shape index (κ2) is 7.70. The van der Waals surface area contributed by atoms with Crippen LogP contribution in [0.1, 0.15) is 12.5 Å². The van der Waals surface area contributed by atoms with Crippen LogP contribution in [0.4, 0.5) is 15.8 Å². The van der Waals surface area contributed by atoms with E-state index < -0.39 is 10.0 Å². The van der Waals surface area contributed by atoms with Gasteiger partial charge in [-0.3, -0.25) is 4.79 Å². The first kappa shape index (κ1) is 20.3. The van der Waals surface area contributed by atoms with E-state index in [1.807, 2.05) is 11.0 Å². The third kappa shape index (κ3) is 3.67. The van der Waals surface area contributed by atoms with E-state index in [-0.39, 0.29) is 29.7 Å². The largest absolute Gasteiger partial charge is 0.367 e. The van der Waals surface area contributed by atoms with E-state index in [0.29, 0.717) is 41.9 Å². The summed E-state index contributed by atoms with van der Waals surface area (Å²) in [5.74, 6) is -0.488. The lowest BCUT2D eigenvalue weighted by Crippen LogP contribution is -2.49. The van der Waals surface area contributed by atoms with Crippen LogP contribution < -0.4 is 9.80 Å². The zero-order valence-electron chi connectivity index (χ0n) is 15.9. The minimum atomic E-state index is -3.80. The number of rotatable bonds is 3. The Bertz CT molecular complexity index is 1070. The molecule has 2 heterocycles. The van der Waals surface area contributed by atoms with Gasteiger partial charge >= 0.3 is 0 Å². The molecule has 154 valence electrons. The second-order valence-electron chi connectivity index (χ2n) is 7.17. The Morgan fingerprint density at radius 2 is 1.76 bits per heavy atom. The first-order valence-corrected chi connectivity index (χ1v) is 11.6. The lowest BCUT2D eigenvalue weighted by molar-refractivity contribution is -0.116. The summed E-state index contributed by atoms with van der Waals surface area (Å²) >= 11 is 3.40. The molecule has 6 nitrogen and oxygen atoms in total. The highest BCUT2D eigenvalue weighted by molar-refractivity contribution is 9.10. The molecule has 2 aromatic carbocycles. The van der Waals surface area contributed by atoms with Crippen molar-refractivity contribution >= 4 is 43.2 Å². The SMILES string of the molecule is CC(=O)N1CCc2cc(Br)cc(S(=O)(=O)N3CCN(c4ccccc4F)CC3)c21. The molecule has 0 bridgehead atoms. The van der Waals surface area contributed by atoms with Crippen molar-refractivity contribution in [3.05, 3.63) is 52.3 Å². The molecule has 0 radical (unpaired) electrons. The number of nitrogens with zero attached hydrogens (tertiary/aromatic N) is 3. The predicted octanol–water partition coefficient (Wildman–Crippen LogP) is 3.01. The standard InChI is InChI=1S/C20H21BrFN3O3S/c1-14(26)25-7-6-15-12-16(21)13-19(20(15)25)29(27,28)24-10-8-23(9-11-24)18-5-3-2-4-17(18)22/h2-5,12-13H,6-11H2,1H3. The maximum Gasteiger partial charge on any atom is 0.245 e. The van der Waals surface area contributed by atoms with Gasteiger partial charge in [0.2, 0.25) is 15.9 Å². The van der Waals surface area contributed by atoms with Crippen molar-refractivity contribution in [3.8, 4) is 0 Å². The number of hydrogen-bond acceptors (Lipinski definition) is 4. The zero-order valence-corrected chi connectivity index (χ0v) is 18.3. The minimum absolute atomic E-state index is 0.147. The fourth-order valence-electron chi connectivity index (χ4n) is 4.00. The minimum Gasteiger partial charge on any atom is -0.367 e. The van der Waals surface area contributed by atoms with Crippen molar-refractivity contribution in [2.45, 2.75) is 18.2 Å². The van der Waals surface area contributed by atoms with Gasteiger partial charge in [0, 0.05) is 44.1 Å². The predicted molar refractivity (Wildman–Crippen MR) is 113 cm³/mol. The third-order valence-corrected chi connectivity index (χ3v) is 7.79. The molecular formula is C20H21BrFN3O3S. The molecule has 0 N–H and O–H groups in total. The van der Waals surface area contributed by atoms with E-state index in [4.69, 9.17) is 0 Å². The molecule has 2 aromatic rings. The number of carbonyl (C=O) groups excluding carboxylic acids is 1. The van der Waals surface area contributed by atoms with Crippen molar-refractivity contribution in [1.82, 2.24) is 4.31 Å². The number of hydrogen-bond donors (Lipinski definition) is 0. The molecule has 9 heteroatoms. The summed E-state index contributed by atoms with van der Waals surface area (Å²) in [6.07, 6.45) is 0.623. The lowest BCUT2D eigenvalue weighted by atomic mass is 10.2. The Kier molecular flexibility index (Phi) is 5.39. The van der Waals surface area contributed by atoms with Gasteiger partial charge in [0.05, 0.1) is 11.4 Å². The Hall–Kier alpha value is -1.97. The fraction of sp³-hybridized carbons (Fsp3) is 0.350. The number of piperazine rings is 1. The monoisotopic (exact) mass is 481 g/mol. The van der Waals surface area contributed by atoms with E-state index >= 15 is 0 Å². The first-order valence-electron chi connectivity index (χ1n) is 9.39. The van der Waals surface area contributed by atoms with Gasteiger partial charge in [-0.25, -0.2) is 12.8 Å². The molecule has 2 aliphatic heterocycles. The maximum absolute atomic E-state index is 14.1. The number of halogens is 2. The van der Waals surface area contributed by atoms with E-state index in [1.165, 1.54) is 22.2 Å². The topological polar surface area (TPSA) is 60.9 Å². The number of para-hydroxylation sites is 1. The van der Waals surface area contributed by atoms with Crippen LogP contribution in [0.3, 0.4) is 0 Å². The van der Waals surface area contributed by atoms with E-state index in [1.54, 1.807) is 24.3 Å². The molecule has 0 aliphatic carbocycles. The van der Waals surface area contributed by atoms with Crippen molar-refractivity contribution < 1.29 is 17.6 Å². The average Bonchev–Trinajstić information content (AvgIpc) is 3.11. The van der Waals surface area contributed by atoms with E-state index in [9.17, 15) is 17.6 Å². The summed E-state index contributed by atoms with van der Waals surface area (Å²) in [7, 11) is -3.80.